The van der Waals surface area contributed by atoms with Crippen LogP contribution in [0.1, 0.15) is 5.48 Å². The molecule has 0 N–H and O–H groups in total. The Hall–Kier alpha value is -6.90. The van der Waals surface area contributed by atoms with E-state index in [9.17, 15) is 5.48 Å². The van der Waals surface area contributed by atoms with Gasteiger partial charge in [-0.2, -0.15) is 0 Å². The Morgan fingerprint density at radius 2 is 0.885 bits per heavy atom. The molecule has 1 aromatic heterocycles. The van der Waals surface area contributed by atoms with Crippen LogP contribution >= 0.6 is 0 Å². The summed E-state index contributed by atoms with van der Waals surface area (Å²) in [5.41, 5.74) is 8.16. The van der Waals surface area contributed by atoms with Gasteiger partial charge in [-0.3, -0.25) is 0 Å². The summed E-state index contributed by atoms with van der Waals surface area (Å²) in [6.07, 6.45) is 0. The van der Waals surface area contributed by atoms with Crippen molar-refractivity contribution in [1.82, 2.24) is 0 Å². The summed E-state index contributed by atoms with van der Waals surface area (Å²) in [5, 5.41) is 6.46. The van der Waals surface area contributed by atoms with Crippen LogP contribution in [0.2, 0.25) is 0 Å². The van der Waals surface area contributed by atoms with Crippen LogP contribution in [0.3, 0.4) is 0 Å². The van der Waals surface area contributed by atoms with Gasteiger partial charge in [-0.05, 0) is 104 Å². The van der Waals surface area contributed by atoms with Gasteiger partial charge in [0, 0.05) is 33.4 Å². The van der Waals surface area contributed by atoms with Gasteiger partial charge < -0.3 is 9.32 Å². The van der Waals surface area contributed by atoms with Gasteiger partial charge in [0.2, 0.25) is 0 Å². The first kappa shape index (κ1) is 26.0. The number of fused-ring (bicyclic) bond motifs is 5. The van der Waals surface area contributed by atoms with E-state index >= 15 is 0 Å². The standard InChI is InChI=1S/C50H33NO/c1-3-10-39-32-41(18-16-34(39)8-1)36-20-26-43(27-21-36)51(44-28-22-37(23-29-44)42-19-17-35-9-2-4-11-40(35)33-42)45-30-24-38(25-31-45)46-13-7-14-48-47-12-5-6-15-49(47)52-50(46)48/h1-33H/i20D,21D,26D,27D. The molecule has 10 rings (SSSR count). The molecule has 0 unspecified atom stereocenters. The van der Waals surface area contributed by atoms with Crippen LogP contribution in [0.25, 0.3) is 76.9 Å². The number of rotatable bonds is 6. The molecule has 0 saturated carbocycles. The second-order valence-electron chi connectivity index (χ2n) is 13.1. The molecule has 0 bridgehead atoms. The second kappa shape index (κ2) is 12.5. The van der Waals surface area contributed by atoms with Crippen LogP contribution in [0.5, 0.6) is 0 Å². The molecule has 0 atom stereocenters. The first-order valence-electron chi connectivity index (χ1n) is 19.4. The maximum atomic E-state index is 9.44. The molecule has 9 aromatic carbocycles. The lowest BCUT2D eigenvalue weighted by molar-refractivity contribution is 0.670. The SMILES string of the molecule is [2H]c1c([2H])c(N(c2ccc(-c3ccc4ccccc4c3)cc2)c2ccc(-c3cccc4c3oc3ccccc34)cc2)c([2H])c([2H])c1-c1ccc2ccccc2c1. The Bertz CT molecular complexity index is 3100. The number of hydrogen-bond acceptors (Lipinski definition) is 2. The van der Waals surface area contributed by atoms with Crippen molar-refractivity contribution in [3.05, 3.63) is 200 Å². The fourth-order valence-electron chi connectivity index (χ4n) is 7.25. The van der Waals surface area contributed by atoms with Crippen molar-refractivity contribution in [2.75, 3.05) is 4.90 Å². The molecule has 0 fully saturated rings. The molecule has 0 spiro atoms. The zero-order chi connectivity index (χ0) is 37.9. The zero-order valence-corrected chi connectivity index (χ0v) is 28.1. The number of benzene rings is 9. The van der Waals surface area contributed by atoms with Gasteiger partial charge in [0.15, 0.2) is 0 Å². The summed E-state index contributed by atoms with van der Waals surface area (Å²) < 4.78 is 43.8. The summed E-state index contributed by atoms with van der Waals surface area (Å²) in [4.78, 5) is 1.83. The molecule has 0 radical (unpaired) electrons. The minimum absolute atomic E-state index is 0.0951. The highest BCUT2D eigenvalue weighted by molar-refractivity contribution is 6.09. The fourth-order valence-corrected chi connectivity index (χ4v) is 7.25. The van der Waals surface area contributed by atoms with Crippen molar-refractivity contribution >= 4 is 60.5 Å². The second-order valence-corrected chi connectivity index (χ2v) is 13.1. The molecule has 244 valence electrons. The smallest absolute Gasteiger partial charge is 0.143 e. The van der Waals surface area contributed by atoms with Gasteiger partial charge in [0.1, 0.15) is 11.2 Å². The van der Waals surface area contributed by atoms with Crippen molar-refractivity contribution < 1.29 is 9.90 Å². The number of anilines is 3. The van der Waals surface area contributed by atoms with E-state index in [4.69, 9.17) is 4.42 Å². The predicted octanol–water partition coefficient (Wildman–Crippen LogP) is 14.4. The third-order valence-electron chi connectivity index (χ3n) is 9.92. The summed E-state index contributed by atoms with van der Waals surface area (Å²) in [7, 11) is 0. The van der Waals surface area contributed by atoms with Crippen LogP contribution in [-0.2, 0) is 0 Å². The highest BCUT2D eigenvalue weighted by atomic mass is 16.3. The van der Waals surface area contributed by atoms with E-state index in [1.54, 1.807) is 0 Å². The molecular weight excluding hydrogens is 631 g/mol. The number of hydrogen-bond donors (Lipinski definition) is 0. The molecule has 0 aliphatic carbocycles. The molecule has 0 amide bonds. The van der Waals surface area contributed by atoms with Gasteiger partial charge in [0.25, 0.3) is 0 Å². The van der Waals surface area contributed by atoms with Gasteiger partial charge in [0.05, 0.1) is 5.48 Å². The summed E-state index contributed by atoms with van der Waals surface area (Å²) in [5.74, 6) is 0. The molecule has 0 saturated heterocycles. The summed E-state index contributed by atoms with van der Waals surface area (Å²) in [6, 6.07) is 58.2. The van der Waals surface area contributed by atoms with Crippen molar-refractivity contribution in [1.29, 1.82) is 0 Å². The lowest BCUT2D eigenvalue weighted by Gasteiger charge is -2.26. The lowest BCUT2D eigenvalue weighted by Crippen LogP contribution is -2.09. The molecule has 0 aliphatic heterocycles. The Balaban J connectivity index is 1.11. The average molecular weight is 668 g/mol. The zero-order valence-electron chi connectivity index (χ0n) is 32.1. The first-order chi connectivity index (χ1) is 27.4. The number of furan rings is 1. The van der Waals surface area contributed by atoms with Gasteiger partial charge in [-0.1, -0.05) is 146 Å². The van der Waals surface area contributed by atoms with Crippen LogP contribution in [0.4, 0.5) is 17.1 Å². The number of nitrogens with zero attached hydrogens (tertiary/aromatic N) is 1. The monoisotopic (exact) mass is 667 g/mol. The fraction of sp³-hybridized carbons (Fsp3) is 0. The Labute approximate surface area is 308 Å². The molecule has 0 aliphatic rings. The number of para-hydroxylation sites is 2. The van der Waals surface area contributed by atoms with E-state index in [2.05, 4.69) is 48.5 Å². The molecule has 1 heterocycles. The normalized spacial score (nSPS) is 12.5. The average Bonchev–Trinajstić information content (AvgIpc) is 3.64. The minimum atomic E-state index is -0.121. The third-order valence-corrected chi connectivity index (χ3v) is 9.92. The van der Waals surface area contributed by atoms with Crippen LogP contribution in [0, 0.1) is 0 Å². The summed E-state index contributed by atoms with van der Waals surface area (Å²) >= 11 is 0. The molecule has 2 nitrogen and oxygen atoms in total. The van der Waals surface area contributed by atoms with E-state index in [0.29, 0.717) is 16.9 Å². The Kier molecular flexibility index (Phi) is 6.22. The van der Waals surface area contributed by atoms with Crippen LogP contribution in [0.15, 0.2) is 205 Å². The molecule has 10 aromatic rings. The topological polar surface area (TPSA) is 16.4 Å². The minimum Gasteiger partial charge on any atom is -0.455 e. The molecule has 52 heavy (non-hydrogen) atoms. The van der Waals surface area contributed by atoms with Gasteiger partial charge in [-0.15, -0.1) is 0 Å². The van der Waals surface area contributed by atoms with Crippen molar-refractivity contribution in [2.45, 2.75) is 0 Å². The molecule has 2 heteroatoms. The summed E-state index contributed by atoms with van der Waals surface area (Å²) in [6.45, 7) is 0. The van der Waals surface area contributed by atoms with Gasteiger partial charge in [-0.25, -0.2) is 0 Å². The maximum absolute atomic E-state index is 9.44. The highest BCUT2D eigenvalue weighted by Crippen LogP contribution is 2.40. The first-order valence-corrected chi connectivity index (χ1v) is 17.4. The van der Waals surface area contributed by atoms with E-state index < -0.39 is 0 Å². The van der Waals surface area contributed by atoms with Crippen LogP contribution in [-0.4, -0.2) is 0 Å². The van der Waals surface area contributed by atoms with Gasteiger partial charge >= 0.3 is 0 Å². The Morgan fingerprint density at radius 1 is 0.365 bits per heavy atom. The van der Waals surface area contributed by atoms with Crippen molar-refractivity contribution in [3.8, 4) is 33.4 Å². The van der Waals surface area contributed by atoms with E-state index in [0.717, 1.165) is 60.4 Å². The molecular formula is C50H33NO. The lowest BCUT2D eigenvalue weighted by atomic mass is 9.99. The van der Waals surface area contributed by atoms with E-state index in [1.807, 2.05) is 132 Å². The van der Waals surface area contributed by atoms with Crippen molar-refractivity contribution in [3.63, 3.8) is 0 Å². The van der Waals surface area contributed by atoms with E-state index in [-0.39, 0.29) is 35.4 Å². The maximum Gasteiger partial charge on any atom is 0.143 e. The largest absolute Gasteiger partial charge is 0.455 e. The van der Waals surface area contributed by atoms with E-state index in [1.165, 1.54) is 5.39 Å². The highest BCUT2D eigenvalue weighted by Gasteiger charge is 2.16. The Morgan fingerprint density at radius 3 is 1.54 bits per heavy atom. The predicted molar refractivity (Wildman–Crippen MR) is 220 cm³/mol. The quantitative estimate of drug-likeness (QED) is 0.175. The third kappa shape index (κ3) is 5.30. The van der Waals surface area contributed by atoms with Crippen LogP contribution < -0.4 is 4.90 Å². The van der Waals surface area contributed by atoms with Crippen molar-refractivity contribution in [2.24, 2.45) is 0 Å².